The molecule has 19 heteroatoms. The van der Waals surface area contributed by atoms with Crippen molar-refractivity contribution in [2.45, 2.75) is 32.6 Å². The monoisotopic (exact) mass is 979 g/mol. The van der Waals surface area contributed by atoms with Crippen molar-refractivity contribution in [2.75, 3.05) is 92.2 Å². The molecule has 0 radical (unpaired) electrons. The summed E-state index contributed by atoms with van der Waals surface area (Å²) in [6.07, 6.45) is -9.34. The SMILES string of the molecule is CC(C)(COc1ccc2c(c1)C(c1ccc(C(F)(F)F)cc1)=C(CN1CCOCC1)CO2)C(=O)OCN1CCN(C(=O)C2=C(c3ccc(C(F)(F)F)cc3)c3cc(OCCC(=O)O)ccc3OC2)CC1. The zero-order valence-corrected chi connectivity index (χ0v) is 38.4. The summed E-state index contributed by atoms with van der Waals surface area (Å²) in [4.78, 5) is 44.5. The van der Waals surface area contributed by atoms with Gasteiger partial charge in [0.2, 0.25) is 0 Å². The molecule has 8 rings (SSSR count). The Labute approximate surface area is 399 Å². The van der Waals surface area contributed by atoms with Crippen LogP contribution in [0.4, 0.5) is 26.3 Å². The topological polar surface area (TPSA) is 137 Å². The summed E-state index contributed by atoms with van der Waals surface area (Å²) >= 11 is 0. The number of morpholine rings is 1. The standard InChI is InChI=1S/C51H51F6N3O10/c1-49(2,30-69-38-12-14-42-39(26-38)45(32-3-7-35(8-4-32)50(52,53)54)34(28-67-42)27-58-20-23-65-24-21-58)48(64)70-31-59-16-18-60(19-17-59)47(63)41-29-68-43-13-11-37(66-22-15-44(61)62)25-40(43)46(41)33-5-9-36(10-6-33)51(55,56)57/h3-14,25-26H,15-24,27-31H2,1-2H3,(H,61,62). The number of benzene rings is 4. The molecule has 372 valence electrons. The summed E-state index contributed by atoms with van der Waals surface area (Å²) in [7, 11) is 0. The molecule has 4 aliphatic heterocycles. The van der Waals surface area contributed by atoms with Gasteiger partial charge in [-0.1, -0.05) is 24.3 Å². The van der Waals surface area contributed by atoms with E-state index in [1.165, 1.54) is 24.3 Å². The van der Waals surface area contributed by atoms with Crippen LogP contribution in [-0.4, -0.2) is 130 Å². The zero-order chi connectivity index (χ0) is 49.8. The molecule has 0 saturated carbocycles. The number of ether oxygens (including phenoxy) is 6. The first-order valence-corrected chi connectivity index (χ1v) is 22.7. The van der Waals surface area contributed by atoms with E-state index in [0.717, 1.165) is 35.4 Å². The van der Waals surface area contributed by atoms with E-state index in [0.29, 0.717) is 91.0 Å². The summed E-state index contributed by atoms with van der Waals surface area (Å²) in [6, 6.07) is 19.5. The predicted octanol–water partition coefficient (Wildman–Crippen LogP) is 8.05. The van der Waals surface area contributed by atoms with Crippen molar-refractivity contribution in [3.63, 3.8) is 0 Å². The largest absolute Gasteiger partial charge is 0.493 e. The van der Waals surface area contributed by atoms with E-state index in [9.17, 15) is 40.7 Å². The van der Waals surface area contributed by atoms with Crippen molar-refractivity contribution >= 4 is 29.0 Å². The molecule has 4 aromatic carbocycles. The van der Waals surface area contributed by atoms with E-state index in [1.807, 2.05) is 4.90 Å². The van der Waals surface area contributed by atoms with Crippen LogP contribution < -0.4 is 18.9 Å². The molecule has 0 atom stereocenters. The Morgan fingerprint density at radius 1 is 0.657 bits per heavy atom. The fraction of sp³-hybridized carbons (Fsp3) is 0.392. The van der Waals surface area contributed by atoms with E-state index in [4.69, 9.17) is 33.5 Å². The summed E-state index contributed by atoms with van der Waals surface area (Å²) < 4.78 is 116. The van der Waals surface area contributed by atoms with Crippen LogP contribution in [0.3, 0.4) is 0 Å². The maximum absolute atomic E-state index is 14.3. The van der Waals surface area contributed by atoms with Crippen molar-refractivity contribution in [3.05, 3.63) is 129 Å². The van der Waals surface area contributed by atoms with Gasteiger partial charge in [0.05, 0.1) is 48.4 Å². The van der Waals surface area contributed by atoms with Crippen molar-refractivity contribution in [1.29, 1.82) is 0 Å². The number of carboxylic acids is 1. The molecule has 0 bridgehead atoms. The van der Waals surface area contributed by atoms with Crippen LogP contribution in [-0.2, 0) is 36.2 Å². The van der Waals surface area contributed by atoms with E-state index >= 15 is 0 Å². The lowest BCUT2D eigenvalue weighted by Crippen LogP contribution is -2.50. The highest BCUT2D eigenvalue weighted by Crippen LogP contribution is 2.43. The lowest BCUT2D eigenvalue weighted by atomic mass is 9.89. The lowest BCUT2D eigenvalue weighted by molar-refractivity contribution is -0.162. The number of halogens is 6. The van der Waals surface area contributed by atoms with E-state index in [-0.39, 0.29) is 64.0 Å². The third kappa shape index (κ3) is 11.7. The van der Waals surface area contributed by atoms with Crippen LogP contribution >= 0.6 is 0 Å². The average molecular weight is 980 g/mol. The Morgan fingerprint density at radius 2 is 1.20 bits per heavy atom. The van der Waals surface area contributed by atoms with Gasteiger partial charge < -0.3 is 38.4 Å². The molecule has 0 unspecified atom stereocenters. The number of amides is 1. The van der Waals surface area contributed by atoms with Crippen molar-refractivity contribution in [3.8, 4) is 23.0 Å². The molecule has 4 heterocycles. The number of aliphatic carboxylic acids is 1. The maximum Gasteiger partial charge on any atom is 0.416 e. The number of alkyl halides is 6. The van der Waals surface area contributed by atoms with Gasteiger partial charge >= 0.3 is 24.3 Å². The number of carboxylic acid groups (broad SMARTS) is 1. The first-order chi connectivity index (χ1) is 33.3. The van der Waals surface area contributed by atoms with E-state index in [2.05, 4.69) is 4.90 Å². The number of carbonyl (C=O) groups is 3. The molecule has 13 nitrogen and oxygen atoms in total. The second-order valence-corrected chi connectivity index (χ2v) is 17.9. The minimum Gasteiger partial charge on any atom is -0.493 e. The number of esters is 1. The number of nitrogens with zero attached hydrogens (tertiary/aromatic N) is 3. The molecule has 0 spiro atoms. The first-order valence-electron chi connectivity index (χ1n) is 22.7. The van der Waals surface area contributed by atoms with Crippen LogP contribution in [0.1, 0.15) is 53.6 Å². The number of rotatable bonds is 15. The molecule has 0 aromatic heterocycles. The average Bonchev–Trinajstić information content (AvgIpc) is 3.34. The quantitative estimate of drug-likeness (QED) is 0.0912. The summed E-state index contributed by atoms with van der Waals surface area (Å²) in [5.41, 5.74) is 1.45. The maximum atomic E-state index is 14.3. The van der Waals surface area contributed by atoms with E-state index < -0.39 is 46.7 Å². The van der Waals surface area contributed by atoms with Gasteiger partial charge in [-0.25, -0.2) is 0 Å². The lowest BCUT2D eigenvalue weighted by Gasteiger charge is -2.36. The highest BCUT2D eigenvalue weighted by Gasteiger charge is 2.36. The fourth-order valence-corrected chi connectivity index (χ4v) is 8.51. The van der Waals surface area contributed by atoms with Crippen LogP contribution in [0.25, 0.3) is 11.1 Å². The Bertz CT molecular complexity index is 2630. The Morgan fingerprint density at radius 3 is 1.77 bits per heavy atom. The van der Waals surface area contributed by atoms with Gasteiger partial charge in [0.25, 0.3) is 5.91 Å². The third-order valence-electron chi connectivity index (χ3n) is 12.4. The van der Waals surface area contributed by atoms with Gasteiger partial charge in [-0.05, 0) is 96.8 Å². The van der Waals surface area contributed by atoms with Crippen molar-refractivity contribution in [2.24, 2.45) is 5.41 Å². The summed E-state index contributed by atoms with van der Waals surface area (Å²) in [5, 5.41) is 9.06. The molecule has 70 heavy (non-hydrogen) atoms. The second kappa shape index (κ2) is 20.8. The summed E-state index contributed by atoms with van der Waals surface area (Å²) in [5.74, 6) is -0.388. The number of hydrogen-bond donors (Lipinski definition) is 1. The molecule has 1 N–H and O–H groups in total. The second-order valence-electron chi connectivity index (χ2n) is 17.9. The molecular weight excluding hydrogens is 929 g/mol. The van der Waals surface area contributed by atoms with Gasteiger partial charge in [0.1, 0.15) is 49.5 Å². The smallest absolute Gasteiger partial charge is 0.416 e. The minimum atomic E-state index is -4.58. The van der Waals surface area contributed by atoms with Crippen LogP contribution in [0.15, 0.2) is 96.1 Å². The molecule has 2 fully saturated rings. The molecule has 0 aliphatic carbocycles. The number of piperazine rings is 1. The predicted molar refractivity (Wildman–Crippen MR) is 242 cm³/mol. The van der Waals surface area contributed by atoms with Gasteiger partial charge in [0.15, 0.2) is 0 Å². The van der Waals surface area contributed by atoms with Gasteiger partial charge in [-0.15, -0.1) is 0 Å². The van der Waals surface area contributed by atoms with Crippen LogP contribution in [0.5, 0.6) is 23.0 Å². The number of hydrogen-bond acceptors (Lipinski definition) is 11. The number of carbonyl (C=O) groups excluding carboxylic acids is 2. The fourth-order valence-electron chi connectivity index (χ4n) is 8.51. The molecule has 4 aromatic rings. The van der Waals surface area contributed by atoms with Crippen LogP contribution in [0.2, 0.25) is 0 Å². The van der Waals surface area contributed by atoms with Crippen molar-refractivity contribution < 1.29 is 74.3 Å². The zero-order valence-electron chi connectivity index (χ0n) is 38.4. The highest BCUT2D eigenvalue weighted by molar-refractivity contribution is 6.06. The molecule has 1 amide bonds. The Hall–Kier alpha value is -6.57. The van der Waals surface area contributed by atoms with Gasteiger partial charge in [0, 0.05) is 62.5 Å². The normalized spacial score (nSPS) is 17.0. The molecule has 2 saturated heterocycles. The van der Waals surface area contributed by atoms with Gasteiger partial charge in [-0.3, -0.25) is 24.2 Å². The third-order valence-corrected chi connectivity index (χ3v) is 12.4. The minimum absolute atomic E-state index is 0.0751. The van der Waals surface area contributed by atoms with Crippen molar-refractivity contribution in [1.82, 2.24) is 14.7 Å². The van der Waals surface area contributed by atoms with E-state index in [1.54, 1.807) is 55.1 Å². The molecular formula is C51H51F6N3O10. The Balaban J connectivity index is 0.912. The molecule has 4 aliphatic rings. The Kier molecular flexibility index (Phi) is 14.8. The van der Waals surface area contributed by atoms with Crippen LogP contribution in [0, 0.1) is 5.41 Å². The first kappa shape index (κ1) is 49.8. The van der Waals surface area contributed by atoms with Gasteiger partial charge in [-0.2, -0.15) is 26.3 Å². The summed E-state index contributed by atoms with van der Waals surface area (Å²) in [6.45, 7) is 7.34. The highest BCUT2D eigenvalue weighted by atomic mass is 19.4. The number of fused-ring (bicyclic) bond motifs is 2.